The first kappa shape index (κ1) is 15.7. The van der Waals surface area contributed by atoms with Gasteiger partial charge in [0.1, 0.15) is 5.82 Å². The zero-order valence-electron chi connectivity index (χ0n) is 13.4. The van der Waals surface area contributed by atoms with Gasteiger partial charge in [-0.15, -0.1) is 0 Å². The Kier molecular flexibility index (Phi) is 5.53. The lowest BCUT2D eigenvalue weighted by atomic mass is 10.0. The van der Waals surface area contributed by atoms with Crippen LogP contribution in [0.5, 0.6) is 0 Å². The molecular formula is C17H25N3O. The van der Waals surface area contributed by atoms with Gasteiger partial charge in [-0.05, 0) is 37.5 Å². The van der Waals surface area contributed by atoms with Crippen molar-refractivity contribution in [1.82, 2.24) is 14.9 Å². The number of hydrogen-bond donors (Lipinski definition) is 1. The summed E-state index contributed by atoms with van der Waals surface area (Å²) in [4.78, 5) is 4.46. The van der Waals surface area contributed by atoms with Gasteiger partial charge in [-0.1, -0.05) is 18.2 Å². The van der Waals surface area contributed by atoms with Crippen LogP contribution in [0.3, 0.4) is 0 Å². The number of nitrogens with one attached hydrogen (secondary N) is 1. The molecule has 0 aliphatic carbocycles. The van der Waals surface area contributed by atoms with Gasteiger partial charge in [-0.25, -0.2) is 4.98 Å². The molecule has 0 unspecified atom stereocenters. The summed E-state index contributed by atoms with van der Waals surface area (Å²) in [6.45, 7) is 9.68. The molecule has 2 aromatic rings. The molecule has 0 saturated heterocycles. The molecule has 1 heterocycles. The van der Waals surface area contributed by atoms with E-state index in [1.807, 2.05) is 6.20 Å². The van der Waals surface area contributed by atoms with Crippen molar-refractivity contribution in [1.29, 1.82) is 0 Å². The van der Waals surface area contributed by atoms with Gasteiger partial charge in [0.05, 0.1) is 12.3 Å². The van der Waals surface area contributed by atoms with Crippen LogP contribution >= 0.6 is 0 Å². The van der Waals surface area contributed by atoms with Crippen molar-refractivity contribution in [2.45, 2.75) is 33.9 Å². The van der Waals surface area contributed by atoms with E-state index in [4.69, 9.17) is 4.74 Å². The third-order valence-corrected chi connectivity index (χ3v) is 3.89. The fourth-order valence-electron chi connectivity index (χ4n) is 2.52. The Labute approximate surface area is 127 Å². The molecular weight excluding hydrogens is 262 g/mol. The highest BCUT2D eigenvalue weighted by Crippen LogP contribution is 2.17. The van der Waals surface area contributed by atoms with Crippen molar-refractivity contribution in [3.8, 4) is 0 Å². The number of aromatic nitrogens is 2. The zero-order chi connectivity index (χ0) is 15.2. The Balaban J connectivity index is 2.14. The largest absolute Gasteiger partial charge is 0.383 e. The summed E-state index contributed by atoms with van der Waals surface area (Å²) in [6.07, 6.45) is 1.96. The first-order valence-electron chi connectivity index (χ1n) is 7.39. The summed E-state index contributed by atoms with van der Waals surface area (Å²) in [5.74, 6) is 1.06. The highest BCUT2D eigenvalue weighted by atomic mass is 16.5. The third kappa shape index (κ3) is 3.93. The van der Waals surface area contributed by atoms with Crippen LogP contribution in [0.1, 0.15) is 28.2 Å². The number of imidazole rings is 1. The fourth-order valence-corrected chi connectivity index (χ4v) is 2.52. The van der Waals surface area contributed by atoms with E-state index in [-0.39, 0.29) is 0 Å². The van der Waals surface area contributed by atoms with Crippen LogP contribution in [-0.2, 0) is 17.8 Å². The van der Waals surface area contributed by atoms with E-state index < -0.39 is 0 Å². The number of methoxy groups -OCH3 is 1. The molecule has 0 radical (unpaired) electrons. The molecule has 0 aliphatic heterocycles. The van der Waals surface area contributed by atoms with Crippen molar-refractivity contribution in [3.63, 3.8) is 0 Å². The minimum Gasteiger partial charge on any atom is -0.383 e. The van der Waals surface area contributed by atoms with Gasteiger partial charge < -0.3 is 14.6 Å². The SMILES string of the molecule is COCCNCc1cnc(C)n1Cc1c(C)cccc1C. The van der Waals surface area contributed by atoms with E-state index in [1.165, 1.54) is 22.4 Å². The maximum Gasteiger partial charge on any atom is 0.106 e. The van der Waals surface area contributed by atoms with Crippen LogP contribution in [0, 0.1) is 20.8 Å². The minimum absolute atomic E-state index is 0.726. The molecule has 0 aliphatic rings. The maximum atomic E-state index is 5.06. The molecule has 21 heavy (non-hydrogen) atoms. The van der Waals surface area contributed by atoms with Crippen LogP contribution in [0.25, 0.3) is 0 Å². The first-order chi connectivity index (χ1) is 10.1. The molecule has 2 rings (SSSR count). The molecule has 0 bridgehead atoms. The second-order valence-corrected chi connectivity index (χ2v) is 5.42. The quantitative estimate of drug-likeness (QED) is 0.796. The van der Waals surface area contributed by atoms with Crippen LogP contribution in [0.2, 0.25) is 0 Å². The van der Waals surface area contributed by atoms with Crippen LogP contribution < -0.4 is 5.32 Å². The lowest BCUT2D eigenvalue weighted by Gasteiger charge is -2.15. The standard InChI is InChI=1S/C17H25N3O/c1-13-6-5-7-14(2)17(13)12-20-15(3)19-11-16(20)10-18-8-9-21-4/h5-7,11,18H,8-10,12H2,1-4H3. The van der Waals surface area contributed by atoms with Gasteiger partial charge in [-0.2, -0.15) is 0 Å². The van der Waals surface area contributed by atoms with Crippen molar-refractivity contribution >= 4 is 0 Å². The number of nitrogens with zero attached hydrogens (tertiary/aromatic N) is 2. The lowest BCUT2D eigenvalue weighted by molar-refractivity contribution is 0.199. The Hall–Kier alpha value is -1.65. The van der Waals surface area contributed by atoms with Crippen molar-refractivity contribution in [2.24, 2.45) is 0 Å². The summed E-state index contributed by atoms with van der Waals surface area (Å²) in [5.41, 5.74) is 5.27. The van der Waals surface area contributed by atoms with E-state index in [0.29, 0.717) is 0 Å². The van der Waals surface area contributed by atoms with Gasteiger partial charge in [0.25, 0.3) is 0 Å². The monoisotopic (exact) mass is 287 g/mol. The van der Waals surface area contributed by atoms with Gasteiger partial charge in [-0.3, -0.25) is 0 Å². The maximum absolute atomic E-state index is 5.06. The van der Waals surface area contributed by atoms with Crippen molar-refractivity contribution < 1.29 is 4.74 Å². The summed E-state index contributed by atoms with van der Waals surface area (Å²) < 4.78 is 7.34. The highest BCUT2D eigenvalue weighted by molar-refractivity contribution is 5.34. The van der Waals surface area contributed by atoms with Gasteiger partial charge in [0.15, 0.2) is 0 Å². The van der Waals surface area contributed by atoms with Crippen LogP contribution in [0.15, 0.2) is 24.4 Å². The molecule has 1 aromatic carbocycles. The molecule has 1 aromatic heterocycles. The average Bonchev–Trinajstić information content (AvgIpc) is 2.80. The number of rotatable bonds is 7. The summed E-state index contributed by atoms with van der Waals surface area (Å²) in [6, 6.07) is 6.46. The predicted molar refractivity (Wildman–Crippen MR) is 85.6 cm³/mol. The molecule has 4 nitrogen and oxygen atoms in total. The molecule has 0 atom stereocenters. The van der Waals surface area contributed by atoms with E-state index in [2.05, 4.69) is 53.8 Å². The summed E-state index contributed by atoms with van der Waals surface area (Å²) >= 11 is 0. The molecule has 0 fully saturated rings. The van der Waals surface area contributed by atoms with E-state index in [1.54, 1.807) is 7.11 Å². The molecule has 0 amide bonds. The Morgan fingerprint density at radius 1 is 1.19 bits per heavy atom. The van der Waals surface area contributed by atoms with Gasteiger partial charge in [0.2, 0.25) is 0 Å². The zero-order valence-corrected chi connectivity index (χ0v) is 13.4. The number of aryl methyl sites for hydroxylation is 3. The van der Waals surface area contributed by atoms with E-state index in [9.17, 15) is 0 Å². The van der Waals surface area contributed by atoms with Crippen LogP contribution in [0.4, 0.5) is 0 Å². The molecule has 0 saturated carbocycles. The third-order valence-electron chi connectivity index (χ3n) is 3.89. The van der Waals surface area contributed by atoms with Crippen molar-refractivity contribution in [2.75, 3.05) is 20.3 Å². The normalized spacial score (nSPS) is 11.0. The van der Waals surface area contributed by atoms with E-state index >= 15 is 0 Å². The van der Waals surface area contributed by atoms with E-state index in [0.717, 1.165) is 32.1 Å². The topological polar surface area (TPSA) is 39.1 Å². The van der Waals surface area contributed by atoms with Gasteiger partial charge >= 0.3 is 0 Å². The molecule has 4 heteroatoms. The van der Waals surface area contributed by atoms with Crippen molar-refractivity contribution in [3.05, 3.63) is 52.6 Å². The number of ether oxygens (including phenoxy) is 1. The molecule has 1 N–H and O–H groups in total. The average molecular weight is 287 g/mol. The summed E-state index contributed by atoms with van der Waals surface area (Å²) in [7, 11) is 1.72. The molecule has 0 spiro atoms. The van der Waals surface area contributed by atoms with Gasteiger partial charge in [0, 0.05) is 32.9 Å². The smallest absolute Gasteiger partial charge is 0.106 e. The second kappa shape index (κ2) is 7.38. The number of benzene rings is 1. The Morgan fingerprint density at radius 3 is 2.57 bits per heavy atom. The fraction of sp³-hybridized carbons (Fsp3) is 0.471. The lowest BCUT2D eigenvalue weighted by Crippen LogP contribution is -2.21. The predicted octanol–water partition coefficient (Wildman–Crippen LogP) is 2.59. The summed E-state index contributed by atoms with van der Waals surface area (Å²) in [5, 5.41) is 3.39. The van der Waals surface area contributed by atoms with Crippen LogP contribution in [-0.4, -0.2) is 29.8 Å². The Morgan fingerprint density at radius 2 is 1.90 bits per heavy atom. The first-order valence-corrected chi connectivity index (χ1v) is 7.39. The Bertz CT molecular complexity index is 569. The minimum atomic E-state index is 0.726. The molecule has 114 valence electrons. The number of hydrogen-bond acceptors (Lipinski definition) is 3. The second-order valence-electron chi connectivity index (χ2n) is 5.42. The highest BCUT2D eigenvalue weighted by Gasteiger charge is 2.10.